The number of carbonyl (C=O) groups is 1. The van der Waals surface area contributed by atoms with Crippen molar-refractivity contribution in [1.82, 2.24) is 9.29 Å². The maximum absolute atomic E-state index is 11.7. The molecule has 0 aromatic carbocycles. The SMILES string of the molecule is CS(=O)(=O)N1CC[C@@H]2O[C@H](COc3cccnc3)CC[C@@H]21.O=C(O)C(F)(F)F. The van der Waals surface area contributed by atoms with E-state index in [0.29, 0.717) is 13.2 Å². The van der Waals surface area contributed by atoms with Gasteiger partial charge < -0.3 is 14.6 Å². The van der Waals surface area contributed by atoms with E-state index in [-0.39, 0.29) is 18.2 Å². The molecule has 1 aromatic rings. The van der Waals surface area contributed by atoms with Gasteiger partial charge in [-0.2, -0.15) is 17.5 Å². The van der Waals surface area contributed by atoms with Gasteiger partial charge in [-0.05, 0) is 31.4 Å². The molecule has 12 heteroatoms. The molecule has 2 aliphatic heterocycles. The van der Waals surface area contributed by atoms with Crippen LogP contribution in [0.2, 0.25) is 0 Å². The van der Waals surface area contributed by atoms with Crippen molar-refractivity contribution in [3.05, 3.63) is 24.5 Å². The number of halogens is 3. The Hall–Kier alpha value is -1.92. The fourth-order valence-electron chi connectivity index (χ4n) is 3.11. The average molecular weight is 426 g/mol. The number of nitrogens with zero attached hydrogens (tertiary/aromatic N) is 2. The normalized spacial score (nSPS) is 25.4. The average Bonchev–Trinajstić information content (AvgIpc) is 3.04. The monoisotopic (exact) mass is 426 g/mol. The zero-order chi connectivity index (χ0) is 20.9. The highest BCUT2D eigenvalue weighted by Crippen LogP contribution is 2.33. The largest absolute Gasteiger partial charge is 0.490 e. The molecule has 0 saturated carbocycles. The maximum atomic E-state index is 11.7. The van der Waals surface area contributed by atoms with Crippen LogP contribution in [0.15, 0.2) is 24.5 Å². The summed E-state index contributed by atoms with van der Waals surface area (Å²) in [6.07, 6.45) is 1.99. The van der Waals surface area contributed by atoms with Crippen molar-refractivity contribution in [2.75, 3.05) is 19.4 Å². The predicted molar refractivity (Wildman–Crippen MR) is 91.3 cm³/mol. The molecule has 2 saturated heterocycles. The molecule has 28 heavy (non-hydrogen) atoms. The quantitative estimate of drug-likeness (QED) is 0.781. The van der Waals surface area contributed by atoms with Crippen LogP contribution in [0.4, 0.5) is 13.2 Å². The molecule has 3 rings (SSSR count). The summed E-state index contributed by atoms with van der Waals surface area (Å²) >= 11 is 0. The predicted octanol–water partition coefficient (Wildman–Crippen LogP) is 1.68. The molecule has 2 fully saturated rings. The summed E-state index contributed by atoms with van der Waals surface area (Å²) in [5.74, 6) is -2.03. The van der Waals surface area contributed by atoms with Crippen LogP contribution >= 0.6 is 0 Å². The Kier molecular flexibility index (Phi) is 7.23. The lowest BCUT2D eigenvalue weighted by Crippen LogP contribution is -2.45. The van der Waals surface area contributed by atoms with E-state index in [9.17, 15) is 21.6 Å². The molecule has 158 valence electrons. The second-order valence-corrected chi connectivity index (χ2v) is 8.34. The van der Waals surface area contributed by atoms with E-state index in [1.54, 1.807) is 16.7 Å². The fraction of sp³-hybridized carbons (Fsp3) is 0.625. The molecular formula is C16H21F3N2O6S. The molecule has 0 aliphatic carbocycles. The number of pyridine rings is 1. The first-order valence-corrected chi connectivity index (χ1v) is 10.3. The van der Waals surface area contributed by atoms with Crippen molar-refractivity contribution in [2.45, 2.75) is 43.7 Å². The minimum atomic E-state index is -5.08. The van der Waals surface area contributed by atoms with Gasteiger partial charge in [0.2, 0.25) is 10.0 Å². The second kappa shape index (κ2) is 9.05. The van der Waals surface area contributed by atoms with Gasteiger partial charge >= 0.3 is 12.1 Å². The Morgan fingerprint density at radius 1 is 1.39 bits per heavy atom. The summed E-state index contributed by atoms with van der Waals surface area (Å²) in [6, 6.07) is 3.68. The topological polar surface area (TPSA) is 106 Å². The van der Waals surface area contributed by atoms with Crippen LogP contribution in [-0.4, -0.2) is 72.6 Å². The van der Waals surface area contributed by atoms with Gasteiger partial charge in [-0.25, -0.2) is 13.2 Å². The second-order valence-electron chi connectivity index (χ2n) is 6.41. The molecule has 0 bridgehead atoms. The summed E-state index contributed by atoms with van der Waals surface area (Å²) < 4.78 is 68.4. The van der Waals surface area contributed by atoms with E-state index in [1.807, 2.05) is 12.1 Å². The zero-order valence-corrected chi connectivity index (χ0v) is 15.8. The van der Waals surface area contributed by atoms with Crippen molar-refractivity contribution >= 4 is 16.0 Å². The van der Waals surface area contributed by atoms with Crippen molar-refractivity contribution in [2.24, 2.45) is 0 Å². The highest BCUT2D eigenvalue weighted by Gasteiger charge is 2.43. The van der Waals surface area contributed by atoms with Crippen LogP contribution in [0, 0.1) is 0 Å². The molecule has 8 nitrogen and oxygen atoms in total. The van der Waals surface area contributed by atoms with Gasteiger partial charge in [0, 0.05) is 12.7 Å². The van der Waals surface area contributed by atoms with Crippen LogP contribution in [-0.2, 0) is 19.6 Å². The maximum Gasteiger partial charge on any atom is 0.490 e. The molecule has 3 atom stereocenters. The van der Waals surface area contributed by atoms with Crippen molar-refractivity contribution in [3.63, 3.8) is 0 Å². The van der Waals surface area contributed by atoms with E-state index >= 15 is 0 Å². The van der Waals surface area contributed by atoms with Gasteiger partial charge in [0.15, 0.2) is 0 Å². The van der Waals surface area contributed by atoms with Crippen molar-refractivity contribution in [3.8, 4) is 5.75 Å². The molecule has 1 aromatic heterocycles. The van der Waals surface area contributed by atoms with Crippen LogP contribution < -0.4 is 4.74 Å². The molecule has 2 aliphatic rings. The smallest absolute Gasteiger partial charge is 0.489 e. The lowest BCUT2D eigenvalue weighted by atomic mass is 10.0. The first-order chi connectivity index (χ1) is 13.0. The summed E-state index contributed by atoms with van der Waals surface area (Å²) in [7, 11) is -3.13. The molecule has 1 N–H and O–H groups in total. The van der Waals surface area contributed by atoms with E-state index < -0.39 is 22.2 Å². The Morgan fingerprint density at radius 2 is 2.07 bits per heavy atom. The Morgan fingerprint density at radius 3 is 2.61 bits per heavy atom. The van der Waals surface area contributed by atoms with Gasteiger partial charge in [0.05, 0.1) is 30.7 Å². The minimum absolute atomic E-state index is 0.00373. The fourth-order valence-corrected chi connectivity index (χ4v) is 4.28. The molecule has 0 radical (unpaired) electrons. The number of ether oxygens (including phenoxy) is 2. The summed E-state index contributed by atoms with van der Waals surface area (Å²) in [5, 5.41) is 7.12. The molecule has 0 amide bonds. The van der Waals surface area contributed by atoms with E-state index in [0.717, 1.165) is 25.0 Å². The molecule has 0 spiro atoms. The molecular weight excluding hydrogens is 405 g/mol. The van der Waals surface area contributed by atoms with Gasteiger partial charge in [-0.15, -0.1) is 0 Å². The van der Waals surface area contributed by atoms with Gasteiger partial charge in [-0.3, -0.25) is 4.98 Å². The highest BCUT2D eigenvalue weighted by molar-refractivity contribution is 7.88. The van der Waals surface area contributed by atoms with Crippen LogP contribution in [0.1, 0.15) is 19.3 Å². The molecule has 0 unspecified atom stereocenters. The van der Waals surface area contributed by atoms with Crippen LogP contribution in [0.25, 0.3) is 0 Å². The number of aliphatic carboxylic acids is 1. The third kappa shape index (κ3) is 6.31. The van der Waals surface area contributed by atoms with E-state index in [4.69, 9.17) is 19.4 Å². The number of fused-ring (bicyclic) bond motifs is 1. The number of rotatable bonds is 4. The number of aromatic nitrogens is 1. The zero-order valence-electron chi connectivity index (χ0n) is 15.0. The first kappa shape index (κ1) is 22.4. The lowest BCUT2D eigenvalue weighted by Gasteiger charge is -2.34. The van der Waals surface area contributed by atoms with Crippen LogP contribution in [0.3, 0.4) is 0 Å². The summed E-state index contributed by atoms with van der Waals surface area (Å²) in [4.78, 5) is 12.9. The molecule has 3 heterocycles. The van der Waals surface area contributed by atoms with Gasteiger partial charge in [0.25, 0.3) is 0 Å². The number of sulfonamides is 1. The van der Waals surface area contributed by atoms with E-state index in [1.165, 1.54) is 6.26 Å². The Balaban J connectivity index is 0.000000345. The van der Waals surface area contributed by atoms with Gasteiger partial charge in [-0.1, -0.05) is 0 Å². The summed E-state index contributed by atoms with van der Waals surface area (Å²) in [6.45, 7) is 1.04. The highest BCUT2D eigenvalue weighted by atomic mass is 32.2. The minimum Gasteiger partial charge on any atom is -0.489 e. The number of alkyl halides is 3. The number of hydrogen-bond acceptors (Lipinski definition) is 6. The van der Waals surface area contributed by atoms with Gasteiger partial charge in [0.1, 0.15) is 12.4 Å². The third-order valence-electron chi connectivity index (χ3n) is 4.32. The van der Waals surface area contributed by atoms with E-state index in [2.05, 4.69) is 4.98 Å². The first-order valence-electron chi connectivity index (χ1n) is 8.43. The Labute approximate surface area is 160 Å². The van der Waals surface area contributed by atoms with Crippen LogP contribution in [0.5, 0.6) is 5.75 Å². The third-order valence-corrected chi connectivity index (χ3v) is 5.63. The van der Waals surface area contributed by atoms with Crippen molar-refractivity contribution in [1.29, 1.82) is 0 Å². The number of carboxylic acid groups (broad SMARTS) is 1. The number of carboxylic acids is 1. The summed E-state index contributed by atoms with van der Waals surface area (Å²) in [5.41, 5.74) is 0. The Bertz CT molecular complexity index is 759. The number of hydrogen-bond donors (Lipinski definition) is 1. The standard InChI is InChI=1S/C14H20N2O4S.C2HF3O2/c1-21(17,18)16-8-6-14-13(16)5-4-12(20-14)10-19-11-3-2-7-15-9-11;3-2(4,5)1(6)7/h2-3,7,9,12-14H,4-6,8,10H2,1H3;(H,6,7)/t12-,13-,14-;/m0./s1. The lowest BCUT2D eigenvalue weighted by molar-refractivity contribution is -0.192. The van der Waals surface area contributed by atoms with Crippen molar-refractivity contribution < 1.29 is 41.0 Å².